The van der Waals surface area contributed by atoms with E-state index in [-0.39, 0.29) is 0 Å². The van der Waals surface area contributed by atoms with Gasteiger partial charge in [-0.3, -0.25) is 0 Å². The number of hydrogen-bond donors (Lipinski definition) is 0. The molecule has 0 N–H and O–H groups in total. The van der Waals surface area contributed by atoms with Gasteiger partial charge in [-0.1, -0.05) is 44.8 Å². The predicted octanol–water partition coefficient (Wildman–Crippen LogP) is 4.21. The summed E-state index contributed by atoms with van der Waals surface area (Å²) >= 11 is 9.19. The van der Waals surface area contributed by atoms with Crippen LogP contribution in [0.1, 0.15) is 0 Å². The van der Waals surface area contributed by atoms with Crippen molar-refractivity contribution in [2.75, 3.05) is 0 Å². The van der Waals surface area contributed by atoms with E-state index in [9.17, 15) is 0 Å². The molecule has 0 saturated carbocycles. The molecule has 0 unspecified atom stereocenters. The topological polar surface area (TPSA) is 51.8 Å². The highest BCUT2D eigenvalue weighted by molar-refractivity contribution is 9.10. The van der Waals surface area contributed by atoms with Gasteiger partial charge in [-0.05, 0) is 24.3 Å². The molecule has 0 aliphatic carbocycles. The highest BCUT2D eigenvalue weighted by Crippen LogP contribution is 2.27. The van der Waals surface area contributed by atoms with Crippen LogP contribution in [0.25, 0.3) is 22.8 Å². The van der Waals surface area contributed by atoms with Crippen LogP contribution in [0, 0.1) is 0 Å². The number of pyridine rings is 1. The normalized spacial score (nSPS) is 10.6. The number of rotatable bonds is 2. The molecule has 0 aliphatic heterocycles. The molecule has 2 aromatic heterocycles. The number of halogens is 2. The van der Waals surface area contributed by atoms with Crippen molar-refractivity contribution < 1.29 is 4.52 Å². The molecule has 19 heavy (non-hydrogen) atoms. The summed E-state index contributed by atoms with van der Waals surface area (Å²) < 4.78 is 6.15. The zero-order valence-electron chi connectivity index (χ0n) is 9.55. The van der Waals surface area contributed by atoms with Crippen molar-refractivity contribution in [3.63, 3.8) is 0 Å². The average molecular weight is 337 g/mol. The molecular weight excluding hydrogens is 330 g/mol. The minimum atomic E-state index is 0.412. The van der Waals surface area contributed by atoms with Crippen LogP contribution in [-0.4, -0.2) is 15.1 Å². The smallest absolute Gasteiger partial charge is 0.259 e. The van der Waals surface area contributed by atoms with Gasteiger partial charge < -0.3 is 4.52 Å². The molecule has 0 saturated heterocycles. The first kappa shape index (κ1) is 12.3. The average Bonchev–Trinajstić information content (AvgIpc) is 2.89. The van der Waals surface area contributed by atoms with Crippen LogP contribution in [0.2, 0.25) is 5.15 Å². The van der Waals surface area contributed by atoms with Crippen molar-refractivity contribution in [2.24, 2.45) is 0 Å². The molecule has 3 rings (SSSR count). The third-order valence-corrected chi connectivity index (χ3v) is 3.43. The minimum Gasteiger partial charge on any atom is -0.334 e. The van der Waals surface area contributed by atoms with Crippen molar-refractivity contribution in [2.45, 2.75) is 0 Å². The predicted molar refractivity (Wildman–Crippen MR) is 75.7 cm³/mol. The lowest BCUT2D eigenvalue weighted by Gasteiger charge is -1.96. The molecule has 2 heterocycles. The Bertz CT molecular complexity index is 712. The Kier molecular flexibility index (Phi) is 3.31. The SMILES string of the molecule is Clc1ccc(-c2nc(-c3ccccc3Br)no2)cn1. The molecule has 94 valence electrons. The van der Waals surface area contributed by atoms with Crippen LogP contribution in [0.3, 0.4) is 0 Å². The van der Waals surface area contributed by atoms with Gasteiger partial charge in [0, 0.05) is 16.2 Å². The Hall–Kier alpha value is -1.72. The highest BCUT2D eigenvalue weighted by atomic mass is 79.9. The van der Waals surface area contributed by atoms with E-state index in [1.54, 1.807) is 18.3 Å². The van der Waals surface area contributed by atoms with Gasteiger partial charge >= 0.3 is 0 Å². The molecule has 0 bridgehead atoms. The summed E-state index contributed by atoms with van der Waals surface area (Å²) in [5, 5.41) is 4.39. The maximum Gasteiger partial charge on any atom is 0.259 e. The maximum absolute atomic E-state index is 5.74. The summed E-state index contributed by atoms with van der Waals surface area (Å²) in [5.41, 5.74) is 1.61. The minimum absolute atomic E-state index is 0.412. The lowest BCUT2D eigenvalue weighted by Crippen LogP contribution is -1.83. The van der Waals surface area contributed by atoms with Gasteiger partial charge in [-0.25, -0.2) is 4.98 Å². The molecule has 0 amide bonds. The highest BCUT2D eigenvalue weighted by Gasteiger charge is 2.12. The fraction of sp³-hybridized carbons (Fsp3) is 0. The van der Waals surface area contributed by atoms with Crippen LogP contribution in [0.15, 0.2) is 51.6 Å². The van der Waals surface area contributed by atoms with E-state index in [4.69, 9.17) is 16.1 Å². The van der Waals surface area contributed by atoms with Gasteiger partial charge in [0.1, 0.15) is 5.15 Å². The molecule has 0 aliphatic rings. The Labute approximate surface area is 122 Å². The lowest BCUT2D eigenvalue weighted by atomic mass is 10.2. The largest absolute Gasteiger partial charge is 0.334 e. The van der Waals surface area contributed by atoms with E-state index < -0.39 is 0 Å². The Morgan fingerprint density at radius 1 is 1.11 bits per heavy atom. The van der Waals surface area contributed by atoms with Gasteiger partial charge in [-0.15, -0.1) is 0 Å². The zero-order chi connectivity index (χ0) is 13.2. The molecule has 0 spiro atoms. The Morgan fingerprint density at radius 3 is 2.68 bits per heavy atom. The van der Waals surface area contributed by atoms with Crippen LogP contribution in [0.5, 0.6) is 0 Å². The van der Waals surface area contributed by atoms with E-state index in [1.807, 2.05) is 24.3 Å². The first-order chi connectivity index (χ1) is 9.24. The van der Waals surface area contributed by atoms with E-state index >= 15 is 0 Å². The third-order valence-electron chi connectivity index (χ3n) is 2.52. The fourth-order valence-electron chi connectivity index (χ4n) is 1.60. The second-order valence-electron chi connectivity index (χ2n) is 3.77. The molecular formula is C13H7BrClN3O. The van der Waals surface area contributed by atoms with Crippen molar-refractivity contribution in [1.82, 2.24) is 15.1 Å². The fourth-order valence-corrected chi connectivity index (χ4v) is 2.17. The van der Waals surface area contributed by atoms with Crippen molar-refractivity contribution >= 4 is 27.5 Å². The quantitative estimate of drug-likeness (QED) is 0.658. The third kappa shape index (κ3) is 2.52. The molecule has 0 radical (unpaired) electrons. The maximum atomic E-state index is 5.74. The number of nitrogens with zero attached hydrogens (tertiary/aromatic N) is 3. The van der Waals surface area contributed by atoms with Crippen molar-refractivity contribution in [3.8, 4) is 22.8 Å². The number of benzene rings is 1. The van der Waals surface area contributed by atoms with E-state index in [0.29, 0.717) is 16.9 Å². The van der Waals surface area contributed by atoms with Crippen LogP contribution >= 0.6 is 27.5 Å². The van der Waals surface area contributed by atoms with Crippen molar-refractivity contribution in [3.05, 3.63) is 52.2 Å². The van der Waals surface area contributed by atoms with Gasteiger partial charge in [0.25, 0.3) is 5.89 Å². The summed E-state index contributed by atoms with van der Waals surface area (Å²) in [6.07, 6.45) is 1.60. The summed E-state index contributed by atoms with van der Waals surface area (Å²) in [4.78, 5) is 8.33. The summed E-state index contributed by atoms with van der Waals surface area (Å²) in [6, 6.07) is 11.2. The van der Waals surface area contributed by atoms with Crippen LogP contribution in [0.4, 0.5) is 0 Å². The molecule has 0 fully saturated rings. The monoisotopic (exact) mass is 335 g/mol. The van der Waals surface area contributed by atoms with E-state index in [2.05, 4.69) is 31.1 Å². The van der Waals surface area contributed by atoms with E-state index in [0.717, 1.165) is 15.6 Å². The van der Waals surface area contributed by atoms with E-state index in [1.165, 1.54) is 0 Å². The molecule has 6 heteroatoms. The molecule has 0 atom stereocenters. The standard InChI is InChI=1S/C13H7BrClN3O/c14-10-4-2-1-3-9(10)12-17-13(19-18-12)8-5-6-11(15)16-7-8/h1-7H. The molecule has 4 nitrogen and oxygen atoms in total. The van der Waals surface area contributed by atoms with Crippen molar-refractivity contribution in [1.29, 1.82) is 0 Å². The Morgan fingerprint density at radius 2 is 1.95 bits per heavy atom. The van der Waals surface area contributed by atoms with Gasteiger partial charge in [0.2, 0.25) is 5.82 Å². The zero-order valence-corrected chi connectivity index (χ0v) is 11.9. The van der Waals surface area contributed by atoms with Crippen LogP contribution < -0.4 is 0 Å². The number of aromatic nitrogens is 3. The second kappa shape index (κ2) is 5.11. The second-order valence-corrected chi connectivity index (χ2v) is 5.01. The van der Waals surface area contributed by atoms with Crippen LogP contribution in [-0.2, 0) is 0 Å². The Balaban J connectivity index is 2.00. The summed E-state index contributed by atoms with van der Waals surface area (Å²) in [7, 11) is 0. The van der Waals surface area contributed by atoms with Gasteiger partial charge in [0.05, 0.1) is 5.56 Å². The first-order valence-electron chi connectivity index (χ1n) is 5.44. The van der Waals surface area contributed by atoms with Gasteiger partial charge in [0.15, 0.2) is 0 Å². The first-order valence-corrected chi connectivity index (χ1v) is 6.61. The molecule has 3 aromatic rings. The molecule has 1 aromatic carbocycles. The summed E-state index contributed by atoms with van der Waals surface area (Å²) in [5.74, 6) is 0.937. The van der Waals surface area contributed by atoms with Gasteiger partial charge in [-0.2, -0.15) is 4.98 Å². The number of hydrogen-bond acceptors (Lipinski definition) is 4. The summed E-state index contributed by atoms with van der Waals surface area (Å²) in [6.45, 7) is 0. The lowest BCUT2D eigenvalue weighted by molar-refractivity contribution is 0.432.